The Balaban J connectivity index is 3.58. The summed E-state index contributed by atoms with van der Waals surface area (Å²) < 4.78 is 7.68. The molecule has 0 heterocycles. The second kappa shape index (κ2) is 25.8. The third-order valence-electron chi connectivity index (χ3n) is 7.47. The third-order valence-corrected chi connectivity index (χ3v) is 16.5. The van der Waals surface area contributed by atoms with E-state index in [1.165, 1.54) is 154 Å². The molecule has 1 nitrogen and oxygen atoms in total. The second-order valence-corrected chi connectivity index (χ2v) is 26.0. The molecule has 0 saturated heterocycles. The molecule has 0 bridgehead atoms. The van der Waals surface area contributed by atoms with Crippen LogP contribution in [0.1, 0.15) is 196 Å². The Labute approximate surface area is 245 Å². The smallest absolute Gasteiger partial charge is 0.0654 e. The molecule has 0 fully saturated rings. The van der Waals surface area contributed by atoms with Crippen LogP contribution in [0.3, 0.4) is 0 Å². The molecule has 0 aliphatic rings. The van der Waals surface area contributed by atoms with Gasteiger partial charge in [-0.1, -0.05) is 26.7 Å². The SMILES string of the molecule is CCCCCCCCCCCCC[C](C)(C)[Sn][O][Sn][C](C)(C)CCCCCCCCCCCCC. The van der Waals surface area contributed by atoms with Gasteiger partial charge in [-0.25, -0.2) is 0 Å². The van der Waals surface area contributed by atoms with E-state index in [0.29, 0.717) is 6.86 Å². The van der Waals surface area contributed by atoms with Crippen molar-refractivity contribution in [2.75, 3.05) is 0 Å². The summed E-state index contributed by atoms with van der Waals surface area (Å²) in [5.74, 6) is 0. The fraction of sp³-hybridized carbons (Fsp3) is 1.00. The van der Waals surface area contributed by atoms with Crippen molar-refractivity contribution in [2.24, 2.45) is 0 Å². The normalized spacial score (nSPS) is 12.5. The fourth-order valence-corrected chi connectivity index (χ4v) is 19.7. The molecule has 0 atom stereocenters. The van der Waals surface area contributed by atoms with E-state index in [1.807, 2.05) is 0 Å². The van der Waals surface area contributed by atoms with Crippen LogP contribution in [0, 0.1) is 0 Å². The van der Waals surface area contributed by atoms with Crippen LogP contribution in [0.5, 0.6) is 0 Å². The topological polar surface area (TPSA) is 9.23 Å². The van der Waals surface area contributed by atoms with Crippen LogP contribution in [-0.4, -0.2) is 43.1 Å². The zero-order chi connectivity index (χ0) is 26.1. The molecule has 35 heavy (non-hydrogen) atoms. The molecule has 0 rings (SSSR count). The fourth-order valence-electron chi connectivity index (χ4n) is 4.87. The molecule has 0 aromatic carbocycles. The van der Waals surface area contributed by atoms with E-state index in [0.717, 1.165) is 0 Å². The van der Waals surface area contributed by atoms with Crippen LogP contribution >= 0.6 is 0 Å². The predicted molar refractivity (Wildman–Crippen MR) is 163 cm³/mol. The summed E-state index contributed by atoms with van der Waals surface area (Å²) in [6.45, 7) is 14.6. The molecule has 0 N–H and O–H groups in total. The third kappa shape index (κ3) is 28.4. The van der Waals surface area contributed by atoms with Crippen molar-refractivity contribution in [3.8, 4) is 0 Å². The van der Waals surface area contributed by atoms with Gasteiger partial charge in [0.05, 0.1) is 0 Å². The van der Waals surface area contributed by atoms with Crippen molar-refractivity contribution < 1.29 is 1.41 Å². The molecular formula is C32H66OSn2. The zero-order valence-corrected chi connectivity index (χ0v) is 31.1. The maximum atomic E-state index is 6.60. The van der Waals surface area contributed by atoms with E-state index >= 15 is 0 Å². The van der Waals surface area contributed by atoms with E-state index in [4.69, 9.17) is 1.41 Å². The molecule has 0 aromatic heterocycles. The van der Waals surface area contributed by atoms with Gasteiger partial charge < -0.3 is 0 Å². The van der Waals surface area contributed by atoms with Gasteiger partial charge in [-0.05, 0) is 0 Å². The van der Waals surface area contributed by atoms with Crippen LogP contribution in [0.4, 0.5) is 0 Å². The van der Waals surface area contributed by atoms with Crippen LogP contribution in [0.15, 0.2) is 0 Å². The average molecular weight is 704 g/mol. The first-order valence-electron chi connectivity index (χ1n) is 16.0. The van der Waals surface area contributed by atoms with E-state index in [2.05, 4.69) is 41.5 Å². The maximum absolute atomic E-state index is 6.60. The molecule has 0 spiro atoms. The summed E-state index contributed by atoms with van der Waals surface area (Å²) in [5.41, 5.74) is 0. The number of hydrogen-bond acceptors (Lipinski definition) is 1. The predicted octanol–water partition coefficient (Wildman–Crippen LogP) is 12.0. The summed E-state index contributed by atoms with van der Waals surface area (Å²) in [6.07, 6.45) is 34.7. The van der Waals surface area contributed by atoms with Gasteiger partial charge in [0.2, 0.25) is 0 Å². The number of unbranched alkanes of at least 4 members (excludes halogenated alkanes) is 20. The van der Waals surface area contributed by atoms with Gasteiger partial charge in [-0.2, -0.15) is 0 Å². The first kappa shape index (κ1) is 36.6. The van der Waals surface area contributed by atoms with E-state index in [9.17, 15) is 0 Å². The van der Waals surface area contributed by atoms with Crippen LogP contribution in [0.25, 0.3) is 0 Å². The van der Waals surface area contributed by atoms with Crippen LogP contribution in [-0.2, 0) is 1.41 Å². The monoisotopic (exact) mass is 706 g/mol. The summed E-state index contributed by atoms with van der Waals surface area (Å²) >= 11 is -1.36. The summed E-state index contributed by atoms with van der Waals surface area (Å²) in [7, 11) is 0. The molecule has 0 unspecified atom stereocenters. The van der Waals surface area contributed by atoms with Crippen molar-refractivity contribution in [1.29, 1.82) is 0 Å². The van der Waals surface area contributed by atoms with Crippen LogP contribution in [0.2, 0.25) is 6.86 Å². The average Bonchev–Trinajstić information content (AvgIpc) is 2.80. The molecule has 0 aliphatic heterocycles. The Morgan fingerprint density at radius 3 is 0.857 bits per heavy atom. The van der Waals surface area contributed by atoms with Crippen molar-refractivity contribution in [2.45, 2.75) is 203 Å². The van der Waals surface area contributed by atoms with Gasteiger partial charge in [-0.15, -0.1) is 0 Å². The molecular weight excluding hydrogens is 638 g/mol. The minimum atomic E-state index is -0.681. The molecule has 0 amide bonds. The Bertz CT molecular complexity index is 384. The summed E-state index contributed by atoms with van der Waals surface area (Å²) in [4.78, 5) is 0. The van der Waals surface area contributed by atoms with Crippen molar-refractivity contribution in [1.82, 2.24) is 0 Å². The van der Waals surface area contributed by atoms with E-state index < -0.39 is 43.1 Å². The van der Waals surface area contributed by atoms with Crippen molar-refractivity contribution >= 4 is 43.1 Å². The van der Waals surface area contributed by atoms with Gasteiger partial charge in [0.15, 0.2) is 0 Å². The van der Waals surface area contributed by atoms with Crippen molar-refractivity contribution in [3.63, 3.8) is 0 Å². The van der Waals surface area contributed by atoms with Gasteiger partial charge >= 0.3 is 220 Å². The quantitative estimate of drug-likeness (QED) is 0.0582. The van der Waals surface area contributed by atoms with Gasteiger partial charge in [0.25, 0.3) is 0 Å². The Kier molecular flexibility index (Phi) is 27.0. The minimum Gasteiger partial charge on any atom is -0.0654 e. The summed E-state index contributed by atoms with van der Waals surface area (Å²) in [6, 6.07) is 0. The second-order valence-electron chi connectivity index (χ2n) is 12.6. The molecule has 0 saturated carbocycles. The van der Waals surface area contributed by atoms with E-state index in [-0.39, 0.29) is 0 Å². The Morgan fingerprint density at radius 1 is 0.371 bits per heavy atom. The molecule has 0 aliphatic carbocycles. The molecule has 208 valence electrons. The minimum absolute atomic E-state index is 0.538. The van der Waals surface area contributed by atoms with Crippen LogP contribution < -0.4 is 0 Å². The number of hydrogen-bond donors (Lipinski definition) is 0. The molecule has 0 aromatic rings. The molecule has 3 heteroatoms. The summed E-state index contributed by atoms with van der Waals surface area (Å²) in [5, 5.41) is 0. The van der Waals surface area contributed by atoms with Gasteiger partial charge in [0.1, 0.15) is 0 Å². The standard InChI is InChI=1S/2C16H33.O.2Sn/c2*1-4-5-6-7-8-9-10-11-12-13-14-15-16(2)3;;;/h2*4-15H2,1-3H3;;;. The van der Waals surface area contributed by atoms with Gasteiger partial charge in [-0.3, -0.25) is 0 Å². The zero-order valence-electron chi connectivity index (χ0n) is 25.4. The van der Waals surface area contributed by atoms with Gasteiger partial charge in [0, 0.05) is 0 Å². The van der Waals surface area contributed by atoms with Crippen molar-refractivity contribution in [3.05, 3.63) is 0 Å². The molecule has 4 radical (unpaired) electrons. The first-order valence-corrected chi connectivity index (χ1v) is 21.2. The Hall–Kier alpha value is 1.56. The number of rotatable bonds is 28. The Morgan fingerprint density at radius 2 is 0.600 bits per heavy atom. The first-order chi connectivity index (χ1) is 16.8. The van der Waals surface area contributed by atoms with E-state index in [1.54, 1.807) is 0 Å².